The molecule has 2 aliphatic rings. The third-order valence-electron chi connectivity index (χ3n) is 5.15. The Kier molecular flexibility index (Phi) is 7.76. The summed E-state index contributed by atoms with van der Waals surface area (Å²) in [4.78, 5) is 14.6. The van der Waals surface area contributed by atoms with Crippen molar-refractivity contribution in [1.82, 2.24) is 10.2 Å². The number of rotatable bonds is 8. The molecule has 1 amide bonds. The quantitative estimate of drug-likeness (QED) is 0.684. The van der Waals surface area contributed by atoms with Crippen LogP contribution in [0.25, 0.3) is 0 Å². The fourth-order valence-electron chi connectivity index (χ4n) is 3.59. The first-order valence-electron chi connectivity index (χ1n) is 9.69. The van der Waals surface area contributed by atoms with E-state index < -0.39 is 0 Å². The second-order valence-electron chi connectivity index (χ2n) is 7.24. The molecule has 2 saturated heterocycles. The van der Waals surface area contributed by atoms with Gasteiger partial charge in [-0.25, -0.2) is 0 Å². The van der Waals surface area contributed by atoms with Gasteiger partial charge in [0.2, 0.25) is 0 Å². The molecule has 150 valence electrons. The second kappa shape index (κ2) is 10.3. The van der Waals surface area contributed by atoms with Crippen molar-refractivity contribution in [3.63, 3.8) is 0 Å². The van der Waals surface area contributed by atoms with Crippen LogP contribution in [0.1, 0.15) is 29.6 Å². The highest BCUT2D eigenvalue weighted by atomic mass is 35.5. The van der Waals surface area contributed by atoms with Crippen LogP contribution in [0.15, 0.2) is 18.2 Å². The molecule has 27 heavy (non-hydrogen) atoms. The van der Waals surface area contributed by atoms with E-state index in [0.717, 1.165) is 45.7 Å². The summed E-state index contributed by atoms with van der Waals surface area (Å²) in [6.07, 6.45) is 3.32. The number of benzene rings is 1. The second-order valence-corrected chi connectivity index (χ2v) is 7.65. The van der Waals surface area contributed by atoms with Gasteiger partial charge < -0.3 is 24.4 Å². The molecule has 0 radical (unpaired) electrons. The van der Waals surface area contributed by atoms with Crippen LogP contribution in [-0.2, 0) is 9.47 Å². The predicted molar refractivity (Wildman–Crippen MR) is 105 cm³/mol. The molecule has 3 rings (SSSR count). The van der Waals surface area contributed by atoms with Crippen molar-refractivity contribution in [3.05, 3.63) is 28.8 Å². The van der Waals surface area contributed by atoms with Crippen LogP contribution in [0.5, 0.6) is 5.75 Å². The van der Waals surface area contributed by atoms with Crippen LogP contribution in [-0.4, -0.2) is 70.0 Å². The summed E-state index contributed by atoms with van der Waals surface area (Å²) >= 11 is 6.34. The lowest BCUT2D eigenvalue weighted by Crippen LogP contribution is -2.40. The number of carbonyl (C=O) groups is 1. The Morgan fingerprint density at radius 1 is 1.33 bits per heavy atom. The molecule has 1 N–H and O–H groups in total. The minimum atomic E-state index is -0.162. The Balaban J connectivity index is 1.46. The summed E-state index contributed by atoms with van der Waals surface area (Å²) in [5.41, 5.74) is 0.525. The molecule has 0 aromatic heterocycles. The Morgan fingerprint density at radius 2 is 2.15 bits per heavy atom. The summed E-state index contributed by atoms with van der Waals surface area (Å²) in [5, 5.41) is 3.26. The van der Waals surface area contributed by atoms with Crippen LogP contribution < -0.4 is 10.1 Å². The lowest BCUT2D eigenvalue weighted by atomic mass is 10.0. The molecule has 1 atom stereocenters. The fraction of sp³-hybridized carbons (Fsp3) is 0.650. The predicted octanol–water partition coefficient (Wildman–Crippen LogP) is 2.60. The van der Waals surface area contributed by atoms with Crippen molar-refractivity contribution >= 4 is 17.5 Å². The first-order chi connectivity index (χ1) is 13.2. The largest absolute Gasteiger partial charge is 0.489 e. The van der Waals surface area contributed by atoms with Gasteiger partial charge in [0.1, 0.15) is 11.9 Å². The van der Waals surface area contributed by atoms with Crippen molar-refractivity contribution in [2.45, 2.75) is 25.4 Å². The van der Waals surface area contributed by atoms with Gasteiger partial charge in [0.05, 0.1) is 18.2 Å². The highest BCUT2D eigenvalue weighted by Gasteiger charge is 2.25. The topological polar surface area (TPSA) is 60.0 Å². The third-order valence-corrected chi connectivity index (χ3v) is 5.45. The fourth-order valence-corrected chi connectivity index (χ4v) is 3.81. The van der Waals surface area contributed by atoms with E-state index in [4.69, 9.17) is 25.8 Å². The van der Waals surface area contributed by atoms with E-state index in [1.54, 1.807) is 25.3 Å². The molecule has 0 spiro atoms. The number of nitrogens with zero attached hydrogens (tertiary/aromatic N) is 1. The summed E-state index contributed by atoms with van der Waals surface area (Å²) in [6, 6.07) is 5.20. The monoisotopic (exact) mass is 396 g/mol. The number of nitrogens with one attached hydrogen (secondary N) is 1. The van der Waals surface area contributed by atoms with E-state index in [0.29, 0.717) is 35.4 Å². The van der Waals surface area contributed by atoms with Crippen molar-refractivity contribution < 1.29 is 19.0 Å². The van der Waals surface area contributed by atoms with E-state index in [9.17, 15) is 4.79 Å². The van der Waals surface area contributed by atoms with Gasteiger partial charge in [-0.2, -0.15) is 0 Å². The van der Waals surface area contributed by atoms with E-state index in [-0.39, 0.29) is 12.0 Å². The lowest BCUT2D eigenvalue weighted by Gasteiger charge is -2.33. The average molecular weight is 397 g/mol. The third kappa shape index (κ3) is 6.07. The smallest absolute Gasteiger partial charge is 0.251 e. The lowest BCUT2D eigenvalue weighted by molar-refractivity contribution is 0.0880. The van der Waals surface area contributed by atoms with Gasteiger partial charge in [-0.05, 0) is 43.4 Å². The highest BCUT2D eigenvalue weighted by Crippen LogP contribution is 2.29. The summed E-state index contributed by atoms with van der Waals surface area (Å²) in [7, 11) is 1.60. The number of methoxy groups -OCH3 is 1. The number of piperidine rings is 1. The van der Waals surface area contributed by atoms with E-state index in [1.807, 2.05) is 0 Å². The number of hydrogen-bond donors (Lipinski definition) is 1. The van der Waals surface area contributed by atoms with Crippen LogP contribution in [0, 0.1) is 5.92 Å². The zero-order chi connectivity index (χ0) is 19.1. The standard InChI is InChI=1S/C20H29ClN2O4/c1-25-11-7-22-20(24)16-2-3-19(18(21)12-16)27-17-4-8-23(9-5-17)13-15-6-10-26-14-15/h2-3,12,15,17H,4-11,13-14H2,1H3,(H,22,24). The van der Waals surface area contributed by atoms with Crippen LogP contribution in [0.3, 0.4) is 0 Å². The maximum atomic E-state index is 12.1. The molecule has 1 aromatic carbocycles. The van der Waals surface area contributed by atoms with Crippen LogP contribution in [0.4, 0.5) is 0 Å². The van der Waals surface area contributed by atoms with Crippen molar-refractivity contribution in [2.75, 3.05) is 53.1 Å². The van der Waals surface area contributed by atoms with Gasteiger partial charge in [0.25, 0.3) is 5.91 Å². The van der Waals surface area contributed by atoms with E-state index >= 15 is 0 Å². The highest BCUT2D eigenvalue weighted by molar-refractivity contribution is 6.32. The average Bonchev–Trinajstić information content (AvgIpc) is 3.18. The number of carbonyl (C=O) groups excluding carboxylic acids is 1. The molecule has 6 nitrogen and oxygen atoms in total. The Labute approximate surface area is 166 Å². The number of hydrogen-bond acceptors (Lipinski definition) is 5. The summed E-state index contributed by atoms with van der Waals surface area (Å²) in [5.74, 6) is 1.16. The maximum Gasteiger partial charge on any atom is 0.251 e. The first kappa shape index (κ1) is 20.4. The SMILES string of the molecule is COCCNC(=O)c1ccc(OC2CCN(CC3CCOC3)CC2)c(Cl)c1. The zero-order valence-corrected chi connectivity index (χ0v) is 16.7. The van der Waals surface area contributed by atoms with Gasteiger partial charge in [-0.15, -0.1) is 0 Å². The molecule has 2 aliphatic heterocycles. The molecular weight excluding hydrogens is 368 g/mol. The summed E-state index contributed by atoms with van der Waals surface area (Å²) < 4.78 is 16.5. The molecule has 0 bridgehead atoms. The van der Waals surface area contributed by atoms with Crippen molar-refractivity contribution in [1.29, 1.82) is 0 Å². The molecule has 0 saturated carbocycles. The molecule has 2 heterocycles. The Bertz CT molecular complexity index is 614. The maximum absolute atomic E-state index is 12.1. The Morgan fingerprint density at radius 3 is 2.81 bits per heavy atom. The molecule has 7 heteroatoms. The molecule has 1 unspecified atom stereocenters. The molecule has 1 aromatic rings. The van der Waals surface area contributed by atoms with Gasteiger partial charge >= 0.3 is 0 Å². The summed E-state index contributed by atoms with van der Waals surface area (Å²) in [6.45, 7) is 5.96. The molecule has 2 fully saturated rings. The van der Waals surface area contributed by atoms with E-state index in [2.05, 4.69) is 10.2 Å². The molecular formula is C20H29ClN2O4. The van der Waals surface area contributed by atoms with Gasteiger partial charge in [-0.1, -0.05) is 11.6 Å². The number of ether oxygens (including phenoxy) is 3. The minimum absolute atomic E-state index is 0.162. The molecule has 0 aliphatic carbocycles. The van der Waals surface area contributed by atoms with Crippen molar-refractivity contribution in [2.24, 2.45) is 5.92 Å². The van der Waals surface area contributed by atoms with Crippen molar-refractivity contribution in [3.8, 4) is 5.75 Å². The zero-order valence-electron chi connectivity index (χ0n) is 15.9. The van der Waals surface area contributed by atoms with Gasteiger partial charge in [0.15, 0.2) is 0 Å². The van der Waals surface area contributed by atoms with Crippen LogP contribution in [0.2, 0.25) is 5.02 Å². The number of likely N-dealkylation sites (tertiary alicyclic amines) is 1. The number of amides is 1. The van der Waals surface area contributed by atoms with Crippen LogP contribution >= 0.6 is 11.6 Å². The van der Waals surface area contributed by atoms with E-state index in [1.165, 1.54) is 6.42 Å². The Hall–Kier alpha value is -1.34. The van der Waals surface area contributed by atoms with Gasteiger partial charge in [0, 0.05) is 45.5 Å². The first-order valence-corrected chi connectivity index (χ1v) is 10.1. The minimum Gasteiger partial charge on any atom is -0.489 e. The normalized spacial score (nSPS) is 21.3. The van der Waals surface area contributed by atoms with Gasteiger partial charge in [-0.3, -0.25) is 4.79 Å². The number of halogens is 1.